The van der Waals surface area contributed by atoms with Gasteiger partial charge in [-0.05, 0) is 90.8 Å². The van der Waals surface area contributed by atoms with E-state index >= 15 is 0 Å². The van der Waals surface area contributed by atoms with Gasteiger partial charge >= 0.3 is 0 Å². The molecule has 1 N–H and O–H groups in total. The Kier molecular flexibility index (Phi) is 9.91. The zero-order valence-corrected chi connectivity index (χ0v) is 34.5. The fraction of sp³-hybridized carbons (Fsp3) is 0.208. The highest BCUT2D eigenvalue weighted by molar-refractivity contribution is 6.14. The van der Waals surface area contributed by atoms with E-state index in [2.05, 4.69) is 206 Å². The molecule has 286 valence electrons. The normalized spacial score (nSPS) is 17.5. The number of aryl methyl sites for hydroxylation is 3. The summed E-state index contributed by atoms with van der Waals surface area (Å²) >= 11 is 0. The molecule has 5 aromatic carbocycles. The molecular formula is C53H52N2O2. The molecule has 0 fully saturated rings. The highest BCUT2D eigenvalue weighted by Crippen LogP contribution is 2.46. The molecule has 0 spiro atoms. The molecule has 0 saturated carbocycles. The van der Waals surface area contributed by atoms with Crippen LogP contribution in [0.1, 0.15) is 80.2 Å². The summed E-state index contributed by atoms with van der Waals surface area (Å²) in [6, 6.07) is 34.3. The Morgan fingerprint density at radius 1 is 0.860 bits per heavy atom. The van der Waals surface area contributed by atoms with Crippen molar-refractivity contribution in [3.63, 3.8) is 0 Å². The van der Waals surface area contributed by atoms with Gasteiger partial charge in [0.25, 0.3) is 0 Å². The molecule has 0 radical (unpaired) electrons. The van der Waals surface area contributed by atoms with Crippen molar-refractivity contribution in [3.05, 3.63) is 190 Å². The van der Waals surface area contributed by atoms with Crippen molar-refractivity contribution < 1.29 is 9.15 Å². The third kappa shape index (κ3) is 7.29. The molecular weight excluding hydrogens is 697 g/mol. The molecule has 2 heterocycles. The first kappa shape index (κ1) is 37.7. The van der Waals surface area contributed by atoms with Crippen LogP contribution in [0.5, 0.6) is 5.75 Å². The van der Waals surface area contributed by atoms with E-state index in [1.807, 2.05) is 0 Å². The standard InChI is InChI=1S/C53H52N2O2/c1-33-25-27-36(4)44(29-33)54-45(39-18-11-10-12-19-39)31-48-38(6)51-42-21-14-13-20-41(42)47(32-49(51)56-48)55(46-30-34(2)26-28-37(46)5)50-24-15-17-35(3)40-22-16-23-43(52(40)57-50)53(7,8)9/h10-29,31-32,34,54H,3,30H2,1-2,4-9H3/b17-15-,45-31+,50-24-. The second-order valence-corrected chi connectivity index (χ2v) is 16.7. The van der Waals surface area contributed by atoms with Crippen LogP contribution >= 0.6 is 0 Å². The molecule has 57 heavy (non-hydrogen) atoms. The van der Waals surface area contributed by atoms with Crippen LogP contribution in [0.25, 0.3) is 39.1 Å². The average Bonchev–Trinajstić information content (AvgIpc) is 3.50. The number of benzene rings is 5. The van der Waals surface area contributed by atoms with Crippen LogP contribution in [0.4, 0.5) is 11.4 Å². The van der Waals surface area contributed by atoms with Crippen molar-refractivity contribution >= 4 is 50.5 Å². The number of ether oxygens (including phenoxy) is 1. The van der Waals surface area contributed by atoms with Gasteiger partial charge < -0.3 is 14.5 Å². The summed E-state index contributed by atoms with van der Waals surface area (Å²) in [6.45, 7) is 22.0. The number of allylic oxidation sites excluding steroid dienone is 8. The topological polar surface area (TPSA) is 37.6 Å². The smallest absolute Gasteiger partial charge is 0.204 e. The Balaban J connectivity index is 1.36. The molecule has 8 rings (SSSR count). The monoisotopic (exact) mass is 748 g/mol. The number of para-hydroxylation sites is 1. The number of hydrogen-bond donors (Lipinski definition) is 1. The molecule has 0 bridgehead atoms. The van der Waals surface area contributed by atoms with Crippen LogP contribution in [0.3, 0.4) is 0 Å². The molecule has 2 aliphatic rings. The van der Waals surface area contributed by atoms with Gasteiger partial charge in [-0.15, -0.1) is 0 Å². The van der Waals surface area contributed by atoms with Gasteiger partial charge in [0, 0.05) is 56.7 Å². The number of anilines is 2. The van der Waals surface area contributed by atoms with Crippen molar-refractivity contribution in [1.29, 1.82) is 0 Å². The van der Waals surface area contributed by atoms with Crippen LogP contribution in [0.15, 0.2) is 156 Å². The van der Waals surface area contributed by atoms with E-state index in [1.54, 1.807) is 0 Å². The molecule has 0 saturated heterocycles. The first-order valence-corrected chi connectivity index (χ1v) is 20.0. The lowest BCUT2D eigenvalue weighted by molar-refractivity contribution is 0.393. The minimum atomic E-state index is -0.158. The summed E-state index contributed by atoms with van der Waals surface area (Å²) in [5, 5.41) is 7.12. The summed E-state index contributed by atoms with van der Waals surface area (Å²) in [6.07, 6.45) is 13.8. The molecule has 1 aliphatic heterocycles. The summed E-state index contributed by atoms with van der Waals surface area (Å²) in [4.78, 5) is 2.34. The second kappa shape index (κ2) is 15.0. The van der Waals surface area contributed by atoms with Gasteiger partial charge in [-0.2, -0.15) is 0 Å². The fourth-order valence-corrected chi connectivity index (χ4v) is 8.08. The van der Waals surface area contributed by atoms with Crippen LogP contribution < -0.4 is 15.0 Å². The maximum atomic E-state index is 7.25. The van der Waals surface area contributed by atoms with Crippen molar-refractivity contribution in [3.8, 4) is 5.75 Å². The predicted molar refractivity (Wildman–Crippen MR) is 242 cm³/mol. The Hall–Kier alpha value is -6.26. The van der Waals surface area contributed by atoms with Gasteiger partial charge in [0.15, 0.2) is 0 Å². The van der Waals surface area contributed by atoms with E-state index in [0.29, 0.717) is 5.92 Å². The third-order valence-electron chi connectivity index (χ3n) is 11.3. The molecule has 1 atom stereocenters. The highest BCUT2D eigenvalue weighted by Gasteiger charge is 2.30. The van der Waals surface area contributed by atoms with Crippen LogP contribution in [0.2, 0.25) is 0 Å². The van der Waals surface area contributed by atoms with Gasteiger partial charge in [0.1, 0.15) is 17.1 Å². The lowest BCUT2D eigenvalue weighted by Gasteiger charge is -2.35. The first-order valence-electron chi connectivity index (χ1n) is 20.0. The maximum absolute atomic E-state index is 7.25. The van der Waals surface area contributed by atoms with Gasteiger partial charge in [0.05, 0.1) is 5.69 Å². The fourth-order valence-electron chi connectivity index (χ4n) is 8.08. The minimum absolute atomic E-state index is 0.158. The minimum Gasteiger partial charge on any atom is -0.456 e. The molecule has 4 nitrogen and oxygen atoms in total. The van der Waals surface area contributed by atoms with Crippen molar-refractivity contribution in [1.82, 2.24) is 0 Å². The van der Waals surface area contributed by atoms with Crippen LogP contribution in [0, 0.1) is 26.7 Å². The number of nitrogens with zero attached hydrogens (tertiary/aromatic N) is 1. The SMILES string of the molecule is C=C1/C=C\C=C(\N(C2=C(C)C=CC(C)C2)c2cc3oc(/C=C(/Nc4cc(C)ccc4C)c4ccccc4)c(C)c3c3ccccc23)Oc2c1cccc2C(C)(C)C. The Labute approximate surface area is 337 Å². The average molecular weight is 749 g/mol. The van der Waals surface area contributed by atoms with Crippen LogP contribution in [-0.4, -0.2) is 0 Å². The molecule has 6 aromatic rings. The van der Waals surface area contributed by atoms with Gasteiger partial charge in [-0.3, -0.25) is 4.90 Å². The molecule has 1 unspecified atom stereocenters. The largest absolute Gasteiger partial charge is 0.456 e. The molecule has 4 heteroatoms. The summed E-state index contributed by atoms with van der Waals surface area (Å²) < 4.78 is 14.2. The van der Waals surface area contributed by atoms with E-state index < -0.39 is 0 Å². The number of nitrogens with one attached hydrogen (secondary N) is 1. The quantitative estimate of drug-likeness (QED) is 0.176. The number of fused-ring (bicyclic) bond motifs is 4. The second-order valence-electron chi connectivity index (χ2n) is 16.7. The van der Waals surface area contributed by atoms with E-state index in [4.69, 9.17) is 9.15 Å². The molecule has 0 amide bonds. The van der Waals surface area contributed by atoms with Crippen molar-refractivity contribution in [2.24, 2.45) is 5.92 Å². The Morgan fingerprint density at radius 3 is 2.39 bits per heavy atom. The Bertz CT molecular complexity index is 2710. The number of furan rings is 1. The van der Waals surface area contributed by atoms with Crippen molar-refractivity contribution in [2.75, 3.05) is 10.2 Å². The lowest BCUT2D eigenvalue weighted by atomic mass is 9.84. The zero-order valence-electron chi connectivity index (χ0n) is 34.5. The van der Waals surface area contributed by atoms with Gasteiger partial charge in [-0.1, -0.05) is 144 Å². The number of hydrogen-bond acceptors (Lipinski definition) is 4. The van der Waals surface area contributed by atoms with Gasteiger partial charge in [-0.25, -0.2) is 0 Å². The molecule has 1 aromatic heterocycles. The van der Waals surface area contributed by atoms with Gasteiger partial charge in [0.2, 0.25) is 5.88 Å². The predicted octanol–water partition coefficient (Wildman–Crippen LogP) is 14.6. The summed E-state index contributed by atoms with van der Waals surface area (Å²) in [7, 11) is 0. The van der Waals surface area contributed by atoms with E-state index in [9.17, 15) is 0 Å². The zero-order chi connectivity index (χ0) is 40.0. The molecule has 1 aliphatic carbocycles. The van der Waals surface area contributed by atoms with E-state index in [1.165, 1.54) is 22.4 Å². The summed E-state index contributed by atoms with van der Waals surface area (Å²) in [5.41, 5.74) is 13.7. The lowest BCUT2D eigenvalue weighted by Crippen LogP contribution is -2.29. The first-order chi connectivity index (χ1) is 27.4. The maximum Gasteiger partial charge on any atom is 0.204 e. The van der Waals surface area contributed by atoms with E-state index in [-0.39, 0.29) is 5.41 Å². The summed E-state index contributed by atoms with van der Waals surface area (Å²) in [5.74, 6) is 2.73. The Morgan fingerprint density at radius 2 is 1.61 bits per heavy atom. The number of rotatable bonds is 7. The third-order valence-corrected chi connectivity index (χ3v) is 11.3. The van der Waals surface area contributed by atoms with E-state index in [0.717, 1.165) is 90.5 Å². The van der Waals surface area contributed by atoms with Crippen molar-refractivity contribution in [2.45, 2.75) is 67.2 Å². The highest BCUT2D eigenvalue weighted by atomic mass is 16.5. The van der Waals surface area contributed by atoms with Crippen LogP contribution in [-0.2, 0) is 5.41 Å².